The van der Waals surface area contributed by atoms with Crippen LogP contribution in [-0.4, -0.2) is 31.3 Å². The van der Waals surface area contributed by atoms with E-state index in [-0.39, 0.29) is 0 Å². The van der Waals surface area contributed by atoms with Crippen molar-refractivity contribution in [2.45, 2.75) is 64.7 Å². The first-order valence-corrected chi connectivity index (χ1v) is 9.51. The molecule has 0 spiro atoms. The summed E-state index contributed by atoms with van der Waals surface area (Å²) >= 11 is 0. The summed E-state index contributed by atoms with van der Waals surface area (Å²) in [5.74, 6) is 0. The summed E-state index contributed by atoms with van der Waals surface area (Å²) in [5.41, 5.74) is 17.2. The fraction of sp³-hybridized carbons (Fsp3) is 0.700. The Hall–Kier alpha value is -0.940. The Morgan fingerprint density at radius 3 is 1.71 bits per heavy atom. The van der Waals surface area contributed by atoms with E-state index in [0.717, 1.165) is 51.7 Å². The van der Waals surface area contributed by atoms with E-state index in [4.69, 9.17) is 22.3 Å². The van der Waals surface area contributed by atoms with Gasteiger partial charge < -0.3 is 22.3 Å². The maximum absolute atomic E-state index is 8.25. The van der Waals surface area contributed by atoms with Crippen LogP contribution < -0.4 is 17.2 Å². The number of aliphatic hydroxyl groups is 1. The Bertz CT molecular complexity index is 299. The van der Waals surface area contributed by atoms with Crippen molar-refractivity contribution < 1.29 is 5.11 Å². The molecule has 7 N–H and O–H groups in total. The number of hydrogen-bond acceptors (Lipinski definition) is 4. The van der Waals surface area contributed by atoms with Crippen molar-refractivity contribution in [1.82, 2.24) is 0 Å². The molecule has 0 radical (unpaired) electrons. The number of nitrogens with two attached hydrogens (primary N) is 3. The van der Waals surface area contributed by atoms with Gasteiger partial charge in [-0.3, -0.25) is 0 Å². The fourth-order valence-corrected chi connectivity index (χ4v) is 1.95. The number of aryl methyl sites for hydroxylation is 1. The van der Waals surface area contributed by atoms with E-state index >= 15 is 0 Å². The predicted octanol–water partition coefficient (Wildman–Crippen LogP) is 3.21. The summed E-state index contributed by atoms with van der Waals surface area (Å²) in [6.45, 7) is 4.90. The van der Waals surface area contributed by atoms with Crippen LogP contribution in [0.4, 0.5) is 0 Å². The van der Waals surface area contributed by atoms with Crippen molar-refractivity contribution in [2.24, 2.45) is 17.2 Å². The number of aliphatic hydroxyl groups excluding tert-OH is 1. The minimum Gasteiger partial charge on any atom is -0.396 e. The molecule has 1 rings (SSSR count). The van der Waals surface area contributed by atoms with Gasteiger partial charge in [-0.25, -0.2) is 0 Å². The van der Waals surface area contributed by atoms with Gasteiger partial charge in [0.1, 0.15) is 0 Å². The zero-order valence-corrected chi connectivity index (χ0v) is 15.8. The molecule has 24 heavy (non-hydrogen) atoms. The molecule has 4 nitrogen and oxygen atoms in total. The SMILES string of the molecule is CCCCCN.NCCCCCO.NCCCCc1ccccc1. The van der Waals surface area contributed by atoms with Crippen LogP contribution in [0.3, 0.4) is 0 Å². The summed E-state index contributed by atoms with van der Waals surface area (Å²) in [4.78, 5) is 0. The molecule has 1 aromatic rings. The first-order valence-electron chi connectivity index (χ1n) is 9.51. The Balaban J connectivity index is 0. The zero-order valence-electron chi connectivity index (χ0n) is 15.8. The molecule has 0 heterocycles. The molecule has 0 saturated heterocycles. The Morgan fingerprint density at radius 1 is 0.708 bits per heavy atom. The average Bonchev–Trinajstić information content (AvgIpc) is 2.63. The summed E-state index contributed by atoms with van der Waals surface area (Å²) in [5, 5.41) is 8.25. The first kappa shape index (κ1) is 25.3. The van der Waals surface area contributed by atoms with Crippen LogP contribution in [0.15, 0.2) is 30.3 Å². The lowest BCUT2D eigenvalue weighted by molar-refractivity contribution is 0.283. The molecule has 4 heteroatoms. The molecule has 0 aromatic heterocycles. The smallest absolute Gasteiger partial charge is 0.0431 e. The van der Waals surface area contributed by atoms with Gasteiger partial charge in [0, 0.05) is 6.61 Å². The third-order valence-corrected chi connectivity index (χ3v) is 3.43. The molecular formula is C20H41N3O. The predicted molar refractivity (Wildman–Crippen MR) is 107 cm³/mol. The van der Waals surface area contributed by atoms with E-state index in [9.17, 15) is 0 Å². The van der Waals surface area contributed by atoms with Gasteiger partial charge in [0.05, 0.1) is 0 Å². The van der Waals surface area contributed by atoms with E-state index in [1.54, 1.807) is 0 Å². The molecule has 0 aliphatic carbocycles. The fourth-order valence-electron chi connectivity index (χ4n) is 1.95. The van der Waals surface area contributed by atoms with Crippen molar-refractivity contribution >= 4 is 0 Å². The van der Waals surface area contributed by atoms with Gasteiger partial charge in [0.15, 0.2) is 0 Å². The van der Waals surface area contributed by atoms with Gasteiger partial charge in [0.25, 0.3) is 0 Å². The number of unbranched alkanes of at least 4 members (excludes halogenated alkanes) is 5. The number of benzene rings is 1. The monoisotopic (exact) mass is 339 g/mol. The van der Waals surface area contributed by atoms with E-state index < -0.39 is 0 Å². The van der Waals surface area contributed by atoms with Crippen LogP contribution in [0.1, 0.15) is 63.9 Å². The normalized spacial score (nSPS) is 9.54. The molecule has 0 unspecified atom stereocenters. The van der Waals surface area contributed by atoms with Gasteiger partial charge in [-0.05, 0) is 70.1 Å². The molecule has 0 aliphatic rings. The largest absolute Gasteiger partial charge is 0.396 e. The molecule has 0 bridgehead atoms. The van der Waals surface area contributed by atoms with Crippen LogP contribution >= 0.6 is 0 Å². The summed E-state index contributed by atoms with van der Waals surface area (Å²) in [6, 6.07) is 10.5. The van der Waals surface area contributed by atoms with Crippen LogP contribution in [0.5, 0.6) is 0 Å². The topological polar surface area (TPSA) is 98.3 Å². The van der Waals surface area contributed by atoms with E-state index in [1.165, 1.54) is 31.2 Å². The second-order valence-corrected chi connectivity index (χ2v) is 5.80. The molecule has 1 aromatic carbocycles. The van der Waals surface area contributed by atoms with Crippen molar-refractivity contribution in [3.63, 3.8) is 0 Å². The van der Waals surface area contributed by atoms with Crippen LogP contribution in [0, 0.1) is 0 Å². The second-order valence-electron chi connectivity index (χ2n) is 5.80. The van der Waals surface area contributed by atoms with Gasteiger partial charge in [0.2, 0.25) is 0 Å². The minimum absolute atomic E-state index is 0.306. The van der Waals surface area contributed by atoms with Gasteiger partial charge in [-0.1, -0.05) is 50.1 Å². The second kappa shape index (κ2) is 24.3. The van der Waals surface area contributed by atoms with Crippen LogP contribution in [0.25, 0.3) is 0 Å². The highest BCUT2D eigenvalue weighted by Crippen LogP contribution is 2.03. The number of rotatable bonds is 11. The van der Waals surface area contributed by atoms with E-state index in [1.807, 2.05) is 6.07 Å². The third-order valence-electron chi connectivity index (χ3n) is 3.43. The van der Waals surface area contributed by atoms with Crippen LogP contribution in [0.2, 0.25) is 0 Å². The standard InChI is InChI=1S/C10H15N.C5H13NO.C5H13N/c11-9-5-4-8-10-6-2-1-3-7-10;6-4-2-1-3-5-7;1-2-3-4-5-6/h1-3,6-7H,4-5,8-9,11H2;7H,1-6H2;2-6H2,1H3. The molecule has 0 amide bonds. The summed E-state index contributed by atoms with van der Waals surface area (Å²) in [6.07, 6.45) is 10.3. The van der Waals surface area contributed by atoms with Crippen LogP contribution in [-0.2, 0) is 6.42 Å². The van der Waals surface area contributed by atoms with Crippen molar-refractivity contribution in [1.29, 1.82) is 0 Å². The Morgan fingerprint density at radius 2 is 1.25 bits per heavy atom. The maximum Gasteiger partial charge on any atom is 0.0431 e. The average molecular weight is 340 g/mol. The lowest BCUT2D eigenvalue weighted by atomic mass is 10.1. The molecule has 0 atom stereocenters. The lowest BCUT2D eigenvalue weighted by Crippen LogP contribution is -1.98. The van der Waals surface area contributed by atoms with Crippen molar-refractivity contribution in [3.8, 4) is 0 Å². The van der Waals surface area contributed by atoms with Crippen molar-refractivity contribution in [3.05, 3.63) is 35.9 Å². The Labute approximate surface area is 149 Å². The number of hydrogen-bond donors (Lipinski definition) is 4. The molecule has 0 aliphatic heterocycles. The molecule has 0 fully saturated rings. The third kappa shape index (κ3) is 23.3. The lowest BCUT2D eigenvalue weighted by Gasteiger charge is -1.98. The Kier molecular flexibility index (Phi) is 25.6. The molecule has 0 saturated carbocycles. The highest BCUT2D eigenvalue weighted by molar-refractivity contribution is 5.14. The summed E-state index contributed by atoms with van der Waals surface area (Å²) < 4.78 is 0. The first-order chi connectivity index (χ1) is 11.8. The van der Waals surface area contributed by atoms with Gasteiger partial charge in [-0.2, -0.15) is 0 Å². The minimum atomic E-state index is 0.306. The summed E-state index contributed by atoms with van der Waals surface area (Å²) in [7, 11) is 0. The zero-order chi connectivity index (χ0) is 18.3. The van der Waals surface area contributed by atoms with E-state index in [2.05, 4.69) is 31.2 Å². The highest BCUT2D eigenvalue weighted by Gasteiger charge is 1.89. The van der Waals surface area contributed by atoms with Gasteiger partial charge in [-0.15, -0.1) is 0 Å². The maximum atomic E-state index is 8.25. The quantitative estimate of drug-likeness (QED) is 0.465. The molecule has 142 valence electrons. The van der Waals surface area contributed by atoms with E-state index in [0.29, 0.717) is 6.61 Å². The van der Waals surface area contributed by atoms with Gasteiger partial charge >= 0.3 is 0 Å². The van der Waals surface area contributed by atoms with Crippen molar-refractivity contribution in [2.75, 3.05) is 26.2 Å². The highest BCUT2D eigenvalue weighted by atomic mass is 16.2. The molecular weight excluding hydrogens is 298 g/mol.